The lowest BCUT2D eigenvalue weighted by molar-refractivity contribution is -0.384. The molecule has 1 aromatic rings. The summed E-state index contributed by atoms with van der Waals surface area (Å²) in [7, 11) is 0. The highest BCUT2D eigenvalue weighted by Crippen LogP contribution is 2.28. The van der Waals surface area contributed by atoms with Gasteiger partial charge in [0.05, 0.1) is 4.92 Å². The lowest BCUT2D eigenvalue weighted by Gasteiger charge is -2.07. The van der Waals surface area contributed by atoms with E-state index in [0.717, 1.165) is 18.2 Å². The fraction of sp³-hybridized carbons (Fsp3) is 0.125. The summed E-state index contributed by atoms with van der Waals surface area (Å²) in [6.07, 6.45) is -5.03. The number of hydrogen-bond acceptors (Lipinski definition) is 3. The third kappa shape index (κ3) is 3.31. The minimum Gasteiger partial charge on any atom is -0.318 e. The molecule has 1 N–H and O–H groups in total. The molecule has 5 nitrogen and oxygen atoms in total. The van der Waals surface area contributed by atoms with Crippen molar-refractivity contribution < 1.29 is 22.9 Å². The molecule has 9 heteroatoms. The molecule has 0 unspecified atom stereocenters. The molecule has 92 valence electrons. The second-order valence-corrected chi connectivity index (χ2v) is 3.28. The van der Waals surface area contributed by atoms with E-state index >= 15 is 0 Å². The van der Waals surface area contributed by atoms with Crippen LogP contribution in [0, 0.1) is 10.1 Å². The van der Waals surface area contributed by atoms with Crippen molar-refractivity contribution >= 4 is 28.9 Å². The van der Waals surface area contributed by atoms with Gasteiger partial charge in [-0.3, -0.25) is 14.9 Å². The molecular weight excluding hydrogens is 265 g/mol. The van der Waals surface area contributed by atoms with Gasteiger partial charge in [0.1, 0.15) is 5.02 Å². The van der Waals surface area contributed by atoms with E-state index < -0.39 is 22.7 Å². The number of nitro groups is 1. The molecule has 1 aromatic carbocycles. The highest BCUT2D eigenvalue weighted by Gasteiger charge is 2.38. The number of anilines is 1. The van der Waals surface area contributed by atoms with Gasteiger partial charge in [-0.05, 0) is 12.1 Å². The van der Waals surface area contributed by atoms with E-state index in [4.69, 9.17) is 11.6 Å². The second-order valence-electron chi connectivity index (χ2n) is 2.88. The van der Waals surface area contributed by atoms with Gasteiger partial charge in [-0.2, -0.15) is 13.2 Å². The average Bonchev–Trinajstić information content (AvgIpc) is 2.15. The van der Waals surface area contributed by atoms with Crippen LogP contribution in [0.15, 0.2) is 18.2 Å². The fourth-order valence-corrected chi connectivity index (χ4v) is 1.18. The Kier molecular flexibility index (Phi) is 3.56. The Labute approximate surface area is 97.3 Å². The number of carbonyl (C=O) groups excluding carboxylic acids is 1. The van der Waals surface area contributed by atoms with Crippen molar-refractivity contribution in [2.75, 3.05) is 5.32 Å². The Morgan fingerprint density at radius 3 is 2.41 bits per heavy atom. The molecule has 0 fully saturated rings. The normalized spacial score (nSPS) is 11.1. The first kappa shape index (κ1) is 13.2. The molecule has 0 aliphatic rings. The SMILES string of the molecule is O=C(Nc1ccc([N+](=O)[O-])c(Cl)c1)C(F)(F)F. The van der Waals surface area contributed by atoms with Crippen LogP contribution in [0.5, 0.6) is 0 Å². The number of hydrogen-bond donors (Lipinski definition) is 1. The van der Waals surface area contributed by atoms with Crippen molar-refractivity contribution in [1.29, 1.82) is 0 Å². The van der Waals surface area contributed by atoms with Gasteiger partial charge in [0, 0.05) is 11.8 Å². The van der Waals surface area contributed by atoms with Crippen molar-refractivity contribution in [2.24, 2.45) is 0 Å². The Hall–Kier alpha value is -1.83. The number of amides is 1. The first-order chi connectivity index (χ1) is 7.71. The quantitative estimate of drug-likeness (QED) is 0.662. The first-order valence-electron chi connectivity index (χ1n) is 4.04. The van der Waals surface area contributed by atoms with E-state index in [-0.39, 0.29) is 10.7 Å². The maximum atomic E-state index is 11.9. The van der Waals surface area contributed by atoms with Gasteiger partial charge in [0.15, 0.2) is 0 Å². The number of nitrogens with one attached hydrogen (secondary N) is 1. The molecule has 0 bridgehead atoms. The molecule has 0 aromatic heterocycles. The topological polar surface area (TPSA) is 72.2 Å². The lowest BCUT2D eigenvalue weighted by Crippen LogP contribution is -2.29. The van der Waals surface area contributed by atoms with Crippen molar-refractivity contribution in [3.8, 4) is 0 Å². The molecule has 17 heavy (non-hydrogen) atoms. The summed E-state index contributed by atoms with van der Waals surface area (Å²) in [6.45, 7) is 0. The summed E-state index contributed by atoms with van der Waals surface area (Å²) < 4.78 is 35.7. The van der Waals surface area contributed by atoms with Gasteiger partial charge in [-0.15, -0.1) is 0 Å². The minimum atomic E-state index is -5.03. The second kappa shape index (κ2) is 4.58. The van der Waals surface area contributed by atoms with Gasteiger partial charge >= 0.3 is 12.1 Å². The molecule has 0 aliphatic carbocycles. The van der Waals surface area contributed by atoms with Crippen LogP contribution in [0.3, 0.4) is 0 Å². The molecule has 0 saturated heterocycles. The van der Waals surface area contributed by atoms with E-state index in [1.807, 2.05) is 0 Å². The highest BCUT2D eigenvalue weighted by atomic mass is 35.5. The number of rotatable bonds is 2. The van der Waals surface area contributed by atoms with Crippen LogP contribution in [0.4, 0.5) is 24.5 Å². The van der Waals surface area contributed by atoms with Gasteiger partial charge in [0.25, 0.3) is 5.69 Å². The van der Waals surface area contributed by atoms with Crippen molar-refractivity contribution in [3.63, 3.8) is 0 Å². The third-order valence-electron chi connectivity index (χ3n) is 1.66. The third-order valence-corrected chi connectivity index (χ3v) is 1.96. The van der Waals surface area contributed by atoms with Crippen molar-refractivity contribution in [3.05, 3.63) is 33.3 Å². The standard InChI is InChI=1S/C8H4ClF3N2O3/c9-5-3-4(1-2-6(5)14(16)17)13-7(15)8(10,11)12/h1-3H,(H,13,15). The Bertz CT molecular complexity index is 476. The Morgan fingerprint density at radius 2 is 2.00 bits per heavy atom. The van der Waals surface area contributed by atoms with E-state index in [0.29, 0.717) is 0 Å². The number of halogens is 4. The van der Waals surface area contributed by atoms with Crippen LogP contribution in [-0.2, 0) is 4.79 Å². The zero-order chi connectivity index (χ0) is 13.2. The summed E-state index contributed by atoms with van der Waals surface area (Å²) in [5.74, 6) is -2.18. The molecule has 0 aliphatic heterocycles. The smallest absolute Gasteiger partial charge is 0.318 e. The molecule has 0 atom stereocenters. The maximum absolute atomic E-state index is 11.9. The average molecular weight is 269 g/mol. The molecule has 1 rings (SSSR count). The van der Waals surface area contributed by atoms with Gasteiger partial charge < -0.3 is 5.32 Å². The van der Waals surface area contributed by atoms with Crippen LogP contribution in [0.1, 0.15) is 0 Å². The maximum Gasteiger partial charge on any atom is 0.471 e. The Balaban J connectivity index is 2.92. The van der Waals surface area contributed by atoms with Crippen LogP contribution < -0.4 is 5.32 Å². The van der Waals surface area contributed by atoms with Gasteiger partial charge in [0.2, 0.25) is 0 Å². The van der Waals surface area contributed by atoms with Crippen molar-refractivity contribution in [2.45, 2.75) is 6.18 Å². The summed E-state index contributed by atoms with van der Waals surface area (Å²) in [4.78, 5) is 20.1. The number of benzene rings is 1. The van der Waals surface area contributed by atoms with E-state index in [1.54, 1.807) is 0 Å². The minimum absolute atomic E-state index is 0.275. The Morgan fingerprint density at radius 1 is 1.41 bits per heavy atom. The molecule has 0 radical (unpaired) electrons. The number of nitrogens with zero attached hydrogens (tertiary/aromatic N) is 1. The molecule has 0 heterocycles. The summed E-state index contributed by atoms with van der Waals surface area (Å²) in [5.41, 5.74) is -0.736. The van der Waals surface area contributed by atoms with E-state index in [1.165, 1.54) is 5.32 Å². The van der Waals surface area contributed by atoms with Crippen molar-refractivity contribution in [1.82, 2.24) is 0 Å². The zero-order valence-corrected chi connectivity index (χ0v) is 8.67. The largest absolute Gasteiger partial charge is 0.471 e. The summed E-state index contributed by atoms with van der Waals surface area (Å²) in [6, 6.07) is 2.71. The number of alkyl halides is 3. The number of nitro benzene ring substituents is 1. The predicted octanol–water partition coefficient (Wildman–Crippen LogP) is 2.75. The molecule has 0 saturated carbocycles. The summed E-state index contributed by atoms with van der Waals surface area (Å²) in [5, 5.41) is 11.5. The van der Waals surface area contributed by atoms with Crippen LogP contribution in [0.25, 0.3) is 0 Å². The fourth-order valence-electron chi connectivity index (χ4n) is 0.935. The summed E-state index contributed by atoms with van der Waals surface area (Å²) >= 11 is 5.45. The predicted molar refractivity (Wildman–Crippen MR) is 52.8 cm³/mol. The van der Waals surface area contributed by atoms with E-state index in [9.17, 15) is 28.1 Å². The van der Waals surface area contributed by atoms with Crippen LogP contribution in [-0.4, -0.2) is 17.0 Å². The first-order valence-corrected chi connectivity index (χ1v) is 4.41. The van der Waals surface area contributed by atoms with E-state index in [2.05, 4.69) is 0 Å². The number of carbonyl (C=O) groups is 1. The van der Waals surface area contributed by atoms with Crippen LogP contribution in [0.2, 0.25) is 5.02 Å². The molecular formula is C8H4ClF3N2O3. The lowest BCUT2D eigenvalue weighted by atomic mass is 10.3. The molecule has 1 amide bonds. The highest BCUT2D eigenvalue weighted by molar-refractivity contribution is 6.33. The monoisotopic (exact) mass is 268 g/mol. The van der Waals surface area contributed by atoms with Crippen LogP contribution >= 0.6 is 11.6 Å². The van der Waals surface area contributed by atoms with Gasteiger partial charge in [-0.25, -0.2) is 0 Å². The van der Waals surface area contributed by atoms with Gasteiger partial charge in [-0.1, -0.05) is 11.6 Å². The zero-order valence-electron chi connectivity index (χ0n) is 7.92. The molecule has 0 spiro atoms.